The molecule has 0 aromatic rings. The van der Waals surface area contributed by atoms with Gasteiger partial charge in [-0.1, -0.05) is 6.92 Å². The highest BCUT2D eigenvalue weighted by Gasteiger charge is 2.71. The Balaban J connectivity index is 1.01. The summed E-state index contributed by atoms with van der Waals surface area (Å²) in [6.07, 6.45) is -2.84. The van der Waals surface area contributed by atoms with Crippen LogP contribution in [0.1, 0.15) is 85.0 Å². The molecule has 0 aromatic carbocycles. The molecule has 3 aliphatic heterocycles. The predicted octanol–water partition coefficient (Wildman–Crippen LogP) is 0.631. The van der Waals surface area contributed by atoms with Gasteiger partial charge in [-0.15, -0.1) is 0 Å². The average Bonchev–Trinajstić information content (AvgIpc) is 3.59. The molecule has 13 nitrogen and oxygen atoms in total. The van der Waals surface area contributed by atoms with Crippen LogP contribution in [-0.4, -0.2) is 122 Å². The van der Waals surface area contributed by atoms with Crippen LogP contribution >= 0.6 is 0 Å². The lowest BCUT2D eigenvalue weighted by molar-refractivity contribution is -0.341. The summed E-state index contributed by atoms with van der Waals surface area (Å²) >= 11 is 0. The second-order valence-corrected chi connectivity index (χ2v) is 16.1. The van der Waals surface area contributed by atoms with Gasteiger partial charge in [-0.2, -0.15) is 0 Å². The summed E-state index contributed by atoms with van der Waals surface area (Å²) in [6.45, 7) is 5.64. The molecule has 0 aromatic heterocycles. The Hall–Kier alpha value is -1.52. The monoisotopic (exact) mass is 680 g/mol. The van der Waals surface area contributed by atoms with Crippen molar-refractivity contribution in [3.63, 3.8) is 0 Å². The number of carbonyl (C=O) groups is 2. The first-order chi connectivity index (χ1) is 22.7. The summed E-state index contributed by atoms with van der Waals surface area (Å²) < 4.78 is 29.0. The highest BCUT2D eigenvalue weighted by molar-refractivity contribution is 5.85. The molecular formula is C35H52O13. The first kappa shape index (κ1) is 34.9. The minimum Gasteiger partial charge on any atom is -0.458 e. The first-order valence-electron chi connectivity index (χ1n) is 17.8. The number of rotatable bonds is 6. The number of aliphatic hydroxyl groups is 6. The molecule has 0 spiro atoms. The van der Waals surface area contributed by atoms with E-state index < -0.39 is 83.4 Å². The van der Waals surface area contributed by atoms with Crippen molar-refractivity contribution in [3.8, 4) is 0 Å². The van der Waals surface area contributed by atoms with E-state index in [0.29, 0.717) is 44.9 Å². The Labute approximate surface area is 280 Å². The number of fused-ring (bicyclic) bond motifs is 5. The van der Waals surface area contributed by atoms with Gasteiger partial charge in [0.1, 0.15) is 37.3 Å². The van der Waals surface area contributed by atoms with Gasteiger partial charge in [0.25, 0.3) is 0 Å². The lowest BCUT2D eigenvalue weighted by atomic mass is 9.41. The van der Waals surface area contributed by atoms with Crippen molar-refractivity contribution in [3.05, 3.63) is 11.6 Å². The lowest BCUT2D eigenvalue weighted by Gasteiger charge is -2.65. The molecule has 17 atom stereocenters. The molecule has 4 aliphatic carbocycles. The van der Waals surface area contributed by atoms with Crippen molar-refractivity contribution in [2.75, 3.05) is 6.61 Å². The number of esters is 1. The lowest BCUT2D eigenvalue weighted by Crippen LogP contribution is -2.69. The largest absolute Gasteiger partial charge is 0.458 e. The fraction of sp³-hybridized carbons (Fsp3) is 0.886. The number of aliphatic hydroxyl groups excluding tert-OH is 4. The summed E-state index contributed by atoms with van der Waals surface area (Å²) in [5.41, 5.74) is -2.87. The van der Waals surface area contributed by atoms with Gasteiger partial charge in [0.05, 0.1) is 41.0 Å². The molecule has 0 bridgehead atoms. The quantitative estimate of drug-likeness (QED) is 0.130. The van der Waals surface area contributed by atoms with Crippen LogP contribution in [-0.2, 0) is 33.3 Å². The van der Waals surface area contributed by atoms with Crippen LogP contribution in [0, 0.1) is 28.6 Å². The smallest absolute Gasteiger partial charge is 0.331 e. The Bertz CT molecular complexity index is 1280. The van der Waals surface area contributed by atoms with Crippen molar-refractivity contribution in [2.45, 2.75) is 158 Å². The fourth-order valence-corrected chi connectivity index (χ4v) is 11.2. The Morgan fingerprint density at radius 1 is 0.875 bits per heavy atom. The van der Waals surface area contributed by atoms with Crippen LogP contribution in [0.15, 0.2) is 11.6 Å². The summed E-state index contributed by atoms with van der Waals surface area (Å²) in [5, 5.41) is 66.3. The number of ether oxygens (including phenoxy) is 5. The van der Waals surface area contributed by atoms with Gasteiger partial charge < -0.3 is 59.1 Å². The van der Waals surface area contributed by atoms with Gasteiger partial charge in [0, 0.05) is 24.3 Å². The minimum absolute atomic E-state index is 0.0357. The number of cyclic esters (lactones) is 1. The molecule has 17 unspecified atom stereocenters. The van der Waals surface area contributed by atoms with E-state index in [1.807, 2.05) is 0 Å². The van der Waals surface area contributed by atoms with Crippen LogP contribution in [0.4, 0.5) is 0 Å². The maximum Gasteiger partial charge on any atom is 0.331 e. The summed E-state index contributed by atoms with van der Waals surface area (Å²) in [4.78, 5) is 25.0. The van der Waals surface area contributed by atoms with E-state index in [4.69, 9.17) is 23.7 Å². The second kappa shape index (κ2) is 12.3. The molecule has 13 heteroatoms. The van der Waals surface area contributed by atoms with E-state index in [0.717, 1.165) is 18.3 Å². The van der Waals surface area contributed by atoms with Crippen molar-refractivity contribution in [1.29, 1.82) is 0 Å². The molecule has 270 valence electrons. The number of aldehydes is 1. The molecule has 4 saturated carbocycles. The first-order valence-corrected chi connectivity index (χ1v) is 17.8. The number of hydrogen-bond acceptors (Lipinski definition) is 13. The fourth-order valence-electron chi connectivity index (χ4n) is 11.2. The zero-order valence-corrected chi connectivity index (χ0v) is 28.0. The maximum absolute atomic E-state index is 13.2. The Morgan fingerprint density at radius 3 is 2.31 bits per heavy atom. The van der Waals surface area contributed by atoms with Gasteiger partial charge in [-0.3, -0.25) is 0 Å². The predicted molar refractivity (Wildman–Crippen MR) is 165 cm³/mol. The van der Waals surface area contributed by atoms with Crippen molar-refractivity contribution >= 4 is 12.3 Å². The SMILES string of the molecule is CC1OC(OC2C(O)CC(OC3CCC4(C=O)C5CCC6(C)C(C7=CC(=O)OC7)CCC6(O)C5CCC4(O)C3)OC2C)C(O)C(O)C1O. The zero-order valence-electron chi connectivity index (χ0n) is 28.0. The highest BCUT2D eigenvalue weighted by Crippen LogP contribution is 2.70. The van der Waals surface area contributed by atoms with Gasteiger partial charge in [-0.05, 0) is 88.5 Å². The van der Waals surface area contributed by atoms with Gasteiger partial charge in [0.15, 0.2) is 12.6 Å². The van der Waals surface area contributed by atoms with Crippen LogP contribution in [0.25, 0.3) is 0 Å². The standard InChI is InChI=1S/C35H52O13/c1-17-27(39)28(40)29(41)31(46-17)48-30-18(2)45-26(13-24(30)37)47-20-4-9-33(16-36)22-5-8-32(3)21(19-12-25(38)44-15-19)7-11-35(32,43)23(22)6-10-34(33,42)14-20/h12,16-18,20-24,26-31,37,39-43H,4-11,13-15H2,1-3H3. The van der Waals surface area contributed by atoms with E-state index in [9.17, 15) is 40.2 Å². The molecule has 3 heterocycles. The average molecular weight is 681 g/mol. The van der Waals surface area contributed by atoms with Crippen molar-refractivity contribution in [2.24, 2.45) is 28.6 Å². The molecule has 48 heavy (non-hydrogen) atoms. The Kier molecular flexibility index (Phi) is 8.96. The van der Waals surface area contributed by atoms with Crippen LogP contribution < -0.4 is 0 Å². The van der Waals surface area contributed by atoms with Gasteiger partial charge >= 0.3 is 5.97 Å². The maximum atomic E-state index is 13.2. The highest BCUT2D eigenvalue weighted by atomic mass is 16.7. The summed E-state index contributed by atoms with van der Waals surface area (Å²) in [7, 11) is 0. The molecule has 6 N–H and O–H groups in total. The van der Waals surface area contributed by atoms with Crippen LogP contribution in [0.2, 0.25) is 0 Å². The molecule has 7 rings (SSSR count). The molecule has 7 aliphatic rings. The molecular weight excluding hydrogens is 628 g/mol. The van der Waals surface area contributed by atoms with Crippen molar-refractivity contribution < 1.29 is 63.9 Å². The van der Waals surface area contributed by atoms with E-state index in [-0.39, 0.29) is 43.2 Å². The van der Waals surface area contributed by atoms with E-state index in [2.05, 4.69) is 6.92 Å². The summed E-state index contributed by atoms with van der Waals surface area (Å²) in [5.74, 6) is -0.640. The van der Waals surface area contributed by atoms with E-state index >= 15 is 0 Å². The molecule has 0 amide bonds. The summed E-state index contributed by atoms with van der Waals surface area (Å²) in [6, 6.07) is 0. The number of carbonyl (C=O) groups excluding carboxylic acids is 2. The Morgan fingerprint density at radius 2 is 1.62 bits per heavy atom. The van der Waals surface area contributed by atoms with Gasteiger partial charge in [-0.25, -0.2) is 4.79 Å². The van der Waals surface area contributed by atoms with Crippen LogP contribution in [0.3, 0.4) is 0 Å². The molecule has 2 saturated heterocycles. The third-order valence-electron chi connectivity index (χ3n) is 13.9. The van der Waals surface area contributed by atoms with E-state index in [1.54, 1.807) is 19.9 Å². The molecule has 0 radical (unpaired) electrons. The normalized spacial score (nSPS) is 55.2. The third-order valence-corrected chi connectivity index (χ3v) is 13.9. The minimum atomic E-state index is -1.51. The second-order valence-electron chi connectivity index (χ2n) is 16.1. The number of hydrogen-bond donors (Lipinski definition) is 6. The van der Waals surface area contributed by atoms with Crippen molar-refractivity contribution in [1.82, 2.24) is 0 Å². The van der Waals surface area contributed by atoms with E-state index in [1.165, 1.54) is 0 Å². The van der Waals surface area contributed by atoms with Crippen LogP contribution in [0.5, 0.6) is 0 Å². The topological polar surface area (TPSA) is 202 Å². The zero-order chi connectivity index (χ0) is 34.4. The molecule has 6 fully saturated rings. The third kappa shape index (κ3) is 5.17. The van der Waals surface area contributed by atoms with Gasteiger partial charge in [0.2, 0.25) is 0 Å².